The third-order valence-corrected chi connectivity index (χ3v) is 8.74. The van der Waals surface area contributed by atoms with Crippen LogP contribution in [0.3, 0.4) is 0 Å². The van der Waals surface area contributed by atoms with Gasteiger partial charge in [-0.1, -0.05) is 49.2 Å². The maximum Gasteiger partial charge on any atom is 0.259 e. The van der Waals surface area contributed by atoms with E-state index in [0.717, 1.165) is 25.7 Å². The molecule has 0 bridgehead atoms. The molecule has 206 valence electrons. The quantitative estimate of drug-likeness (QED) is 0.199. The van der Waals surface area contributed by atoms with Crippen LogP contribution in [0.4, 0.5) is 14.5 Å². The lowest BCUT2D eigenvalue weighted by atomic mass is 9.98. The van der Waals surface area contributed by atoms with Crippen molar-refractivity contribution in [3.8, 4) is 11.1 Å². The molecule has 0 atom stereocenters. The minimum absolute atomic E-state index is 0.141. The van der Waals surface area contributed by atoms with Crippen molar-refractivity contribution in [2.45, 2.75) is 32.2 Å². The van der Waals surface area contributed by atoms with Crippen LogP contribution < -0.4 is 10.5 Å². The number of aromatic nitrogens is 1. The van der Waals surface area contributed by atoms with Crippen LogP contribution in [0, 0.1) is 17.6 Å². The van der Waals surface area contributed by atoms with Crippen LogP contribution >= 0.6 is 11.6 Å². The minimum Gasteiger partial charge on any atom is -0.366 e. The Kier molecular flexibility index (Phi) is 7.09. The zero-order valence-electron chi connectivity index (χ0n) is 22.1. The zero-order chi connectivity index (χ0) is 28.0. The lowest BCUT2D eigenvalue weighted by Crippen LogP contribution is -2.48. The first-order valence-corrected chi connectivity index (χ1v) is 14.1. The molecule has 3 aromatic carbocycles. The molecule has 4 aromatic rings. The van der Waals surface area contributed by atoms with Crippen LogP contribution in [0.2, 0.25) is 5.02 Å². The van der Waals surface area contributed by atoms with E-state index in [0.29, 0.717) is 66.2 Å². The molecule has 40 heavy (non-hydrogen) atoms. The molecular weight excluding hydrogens is 532 g/mol. The fourth-order valence-corrected chi connectivity index (χ4v) is 6.60. The molecular formula is C32H30ClF2N3O2. The van der Waals surface area contributed by atoms with E-state index in [-0.39, 0.29) is 27.4 Å². The first-order valence-electron chi connectivity index (χ1n) is 13.8. The van der Waals surface area contributed by atoms with Gasteiger partial charge in [-0.25, -0.2) is 8.78 Å². The van der Waals surface area contributed by atoms with E-state index in [1.807, 2.05) is 4.90 Å². The number of fused-ring (bicyclic) bond motifs is 3. The smallest absolute Gasteiger partial charge is 0.259 e. The Morgan fingerprint density at radius 2 is 1.73 bits per heavy atom. The van der Waals surface area contributed by atoms with Crippen LogP contribution in [0.25, 0.3) is 32.8 Å². The summed E-state index contributed by atoms with van der Waals surface area (Å²) in [5.41, 5.74) is 1.51. The van der Waals surface area contributed by atoms with Crippen molar-refractivity contribution >= 4 is 44.9 Å². The van der Waals surface area contributed by atoms with Gasteiger partial charge in [-0.2, -0.15) is 0 Å². The number of carbonyl (C=O) groups excluding carboxylic acids is 1. The summed E-state index contributed by atoms with van der Waals surface area (Å²) in [4.78, 5) is 29.5. The highest BCUT2D eigenvalue weighted by atomic mass is 35.5. The second-order valence-electron chi connectivity index (χ2n) is 10.7. The number of nitrogens with zero attached hydrogens (tertiary/aromatic N) is 3. The number of halogens is 3. The Labute approximate surface area is 236 Å². The molecule has 2 aliphatic rings. The van der Waals surface area contributed by atoms with Gasteiger partial charge < -0.3 is 14.4 Å². The topological polar surface area (TPSA) is 45.6 Å². The molecule has 1 amide bonds. The number of carbonyl (C=O) groups is 1. The molecule has 1 aromatic heterocycles. The number of hydrogen-bond acceptors (Lipinski definition) is 3. The molecule has 1 aliphatic carbocycles. The van der Waals surface area contributed by atoms with Crippen molar-refractivity contribution in [2.24, 2.45) is 5.92 Å². The van der Waals surface area contributed by atoms with Gasteiger partial charge in [0.05, 0.1) is 21.6 Å². The van der Waals surface area contributed by atoms with Crippen LogP contribution in [0.5, 0.6) is 0 Å². The average Bonchev–Trinajstić information content (AvgIpc) is 3.48. The summed E-state index contributed by atoms with van der Waals surface area (Å²) in [6, 6.07) is 13.2. The fraction of sp³-hybridized carbons (Fsp3) is 0.312. The maximum atomic E-state index is 16.4. The van der Waals surface area contributed by atoms with E-state index in [4.69, 9.17) is 11.6 Å². The highest BCUT2D eigenvalue weighted by Gasteiger charge is 2.25. The van der Waals surface area contributed by atoms with Crippen molar-refractivity contribution in [3.05, 3.63) is 88.2 Å². The number of hydrogen-bond donors (Lipinski definition) is 0. The van der Waals surface area contributed by atoms with Gasteiger partial charge in [-0.05, 0) is 60.7 Å². The summed E-state index contributed by atoms with van der Waals surface area (Å²) < 4.78 is 33.0. The molecule has 8 heteroatoms. The Morgan fingerprint density at radius 1 is 1.00 bits per heavy atom. The average molecular weight is 562 g/mol. The van der Waals surface area contributed by atoms with Crippen molar-refractivity contribution < 1.29 is 13.6 Å². The lowest BCUT2D eigenvalue weighted by molar-refractivity contribution is -0.126. The van der Waals surface area contributed by atoms with Crippen molar-refractivity contribution in [2.75, 3.05) is 31.1 Å². The van der Waals surface area contributed by atoms with E-state index < -0.39 is 11.6 Å². The Morgan fingerprint density at radius 3 is 2.42 bits per heavy atom. The number of rotatable bonds is 5. The SMILES string of the molecule is C=CC(=O)N1CCN(c2ccc3c(=O)n(CC4CCCC4)c4cc(-c5c(F)cccc5Cl)ccc4c3c2F)CC1. The predicted molar refractivity (Wildman–Crippen MR) is 157 cm³/mol. The molecule has 1 saturated heterocycles. The third-order valence-electron chi connectivity index (χ3n) is 8.43. The van der Waals surface area contributed by atoms with Crippen LogP contribution in [0.15, 0.2) is 66.0 Å². The summed E-state index contributed by atoms with van der Waals surface area (Å²) in [7, 11) is 0. The second kappa shape index (κ2) is 10.7. The summed E-state index contributed by atoms with van der Waals surface area (Å²) >= 11 is 6.39. The molecule has 1 saturated carbocycles. The number of piperazine rings is 1. The number of anilines is 1. The molecule has 1 aliphatic heterocycles. The molecule has 2 fully saturated rings. The van der Waals surface area contributed by atoms with Crippen molar-refractivity contribution in [1.29, 1.82) is 0 Å². The minimum atomic E-state index is -0.465. The van der Waals surface area contributed by atoms with E-state index >= 15 is 4.39 Å². The van der Waals surface area contributed by atoms with Gasteiger partial charge in [-0.3, -0.25) is 9.59 Å². The van der Waals surface area contributed by atoms with Crippen LogP contribution in [-0.2, 0) is 11.3 Å². The first-order chi connectivity index (χ1) is 19.4. The lowest BCUT2D eigenvalue weighted by Gasteiger charge is -2.36. The molecule has 0 N–H and O–H groups in total. The molecule has 0 unspecified atom stereocenters. The summed E-state index contributed by atoms with van der Waals surface area (Å²) in [5, 5.41) is 1.45. The zero-order valence-corrected chi connectivity index (χ0v) is 22.9. The first kappa shape index (κ1) is 26.5. The molecule has 0 spiro atoms. The summed E-state index contributed by atoms with van der Waals surface area (Å²) in [5.74, 6) is -0.705. The number of amides is 1. The Balaban J connectivity index is 1.53. The number of benzene rings is 3. The molecule has 2 heterocycles. The van der Waals surface area contributed by atoms with E-state index in [2.05, 4.69) is 6.58 Å². The summed E-state index contributed by atoms with van der Waals surface area (Å²) in [6.07, 6.45) is 5.63. The van der Waals surface area contributed by atoms with Crippen LogP contribution in [0.1, 0.15) is 25.7 Å². The highest BCUT2D eigenvalue weighted by molar-refractivity contribution is 6.33. The Hall–Kier alpha value is -3.71. The van der Waals surface area contributed by atoms with E-state index in [1.165, 1.54) is 12.1 Å². The van der Waals surface area contributed by atoms with Gasteiger partial charge >= 0.3 is 0 Å². The standard InChI is InChI=1S/C32H30ClF2N3O2/c1-2-28(39)37-16-14-36(15-17-37)26-13-12-23-30(31(26)35)22-11-10-21(29-24(33)8-5-9-25(29)34)18-27(22)38(32(23)40)19-20-6-3-4-7-20/h2,5,8-13,18,20H,1,3-4,6-7,14-17,19H2. The molecule has 6 rings (SSSR count). The van der Waals surface area contributed by atoms with E-state index in [9.17, 15) is 14.0 Å². The van der Waals surface area contributed by atoms with Gasteiger partial charge in [0.25, 0.3) is 5.56 Å². The van der Waals surface area contributed by atoms with Gasteiger partial charge in [-0.15, -0.1) is 0 Å². The predicted octanol–water partition coefficient (Wildman–Crippen LogP) is 6.78. The van der Waals surface area contributed by atoms with E-state index in [1.54, 1.807) is 51.9 Å². The van der Waals surface area contributed by atoms with Crippen LogP contribution in [-0.4, -0.2) is 41.6 Å². The van der Waals surface area contributed by atoms with Crippen molar-refractivity contribution in [1.82, 2.24) is 9.47 Å². The monoisotopic (exact) mass is 561 g/mol. The highest BCUT2D eigenvalue weighted by Crippen LogP contribution is 2.37. The summed E-state index contributed by atoms with van der Waals surface area (Å²) in [6.45, 7) is 5.93. The van der Waals surface area contributed by atoms with Gasteiger partial charge in [0, 0.05) is 49.1 Å². The van der Waals surface area contributed by atoms with Crippen molar-refractivity contribution in [3.63, 3.8) is 0 Å². The number of pyridine rings is 1. The largest absolute Gasteiger partial charge is 0.366 e. The molecule has 0 radical (unpaired) electrons. The maximum absolute atomic E-state index is 16.4. The van der Waals surface area contributed by atoms with Gasteiger partial charge in [0.2, 0.25) is 5.91 Å². The third kappa shape index (κ3) is 4.56. The van der Waals surface area contributed by atoms with Gasteiger partial charge in [0.15, 0.2) is 5.82 Å². The second-order valence-corrected chi connectivity index (χ2v) is 11.1. The molecule has 5 nitrogen and oxygen atoms in total. The van der Waals surface area contributed by atoms with Gasteiger partial charge in [0.1, 0.15) is 5.82 Å². The Bertz CT molecular complexity index is 1680. The normalized spacial score (nSPS) is 16.3. The fourth-order valence-electron chi connectivity index (χ4n) is 6.33.